The lowest BCUT2D eigenvalue weighted by molar-refractivity contribution is -0.137. The van der Waals surface area contributed by atoms with Gasteiger partial charge in [0.2, 0.25) is 5.90 Å². The molecule has 0 aromatic heterocycles. The first-order valence-electron chi connectivity index (χ1n) is 5.74. The number of hydrogen-bond acceptors (Lipinski definition) is 3. The van der Waals surface area contributed by atoms with E-state index in [-0.39, 0.29) is 6.42 Å². The van der Waals surface area contributed by atoms with E-state index >= 15 is 0 Å². The molecule has 2 rings (SSSR count). The van der Waals surface area contributed by atoms with Gasteiger partial charge < -0.3 is 9.84 Å². The fourth-order valence-corrected chi connectivity index (χ4v) is 1.77. The van der Waals surface area contributed by atoms with Crippen LogP contribution in [0.2, 0.25) is 0 Å². The van der Waals surface area contributed by atoms with Gasteiger partial charge in [-0.25, -0.2) is 4.99 Å². The van der Waals surface area contributed by atoms with Crippen LogP contribution in [0, 0.1) is 0 Å². The maximum absolute atomic E-state index is 10.4. The van der Waals surface area contributed by atoms with Crippen molar-refractivity contribution in [2.45, 2.75) is 19.3 Å². The Kier molecular flexibility index (Phi) is 3.75. The zero-order valence-electron chi connectivity index (χ0n) is 9.56. The standard InChI is InChI=1S/C13H15NO3/c15-12(16)3-1-2-10-4-6-11(7-5-10)13-14-8-9-17-13/h4-7H,1-3,8-9H2,(H,15,16). The van der Waals surface area contributed by atoms with E-state index < -0.39 is 5.97 Å². The summed E-state index contributed by atoms with van der Waals surface area (Å²) in [5.41, 5.74) is 2.14. The summed E-state index contributed by atoms with van der Waals surface area (Å²) in [4.78, 5) is 14.6. The van der Waals surface area contributed by atoms with Crippen LogP contribution in [0.4, 0.5) is 0 Å². The maximum atomic E-state index is 10.4. The topological polar surface area (TPSA) is 58.9 Å². The van der Waals surface area contributed by atoms with Crippen LogP contribution in [0.5, 0.6) is 0 Å². The van der Waals surface area contributed by atoms with Crippen LogP contribution in [-0.2, 0) is 16.0 Å². The Balaban J connectivity index is 1.91. The zero-order valence-corrected chi connectivity index (χ0v) is 9.56. The van der Waals surface area contributed by atoms with E-state index in [1.54, 1.807) is 0 Å². The number of benzene rings is 1. The second-order valence-electron chi connectivity index (χ2n) is 3.98. The summed E-state index contributed by atoms with van der Waals surface area (Å²) < 4.78 is 5.36. The molecule has 17 heavy (non-hydrogen) atoms. The molecule has 1 aliphatic rings. The van der Waals surface area contributed by atoms with Crippen molar-refractivity contribution in [2.24, 2.45) is 4.99 Å². The monoisotopic (exact) mass is 233 g/mol. The largest absolute Gasteiger partial charge is 0.481 e. The normalized spacial score (nSPS) is 14.2. The molecule has 1 N–H and O–H groups in total. The fourth-order valence-electron chi connectivity index (χ4n) is 1.77. The van der Waals surface area contributed by atoms with E-state index in [2.05, 4.69) is 4.99 Å². The first kappa shape index (κ1) is 11.6. The predicted molar refractivity (Wildman–Crippen MR) is 64.4 cm³/mol. The molecule has 0 radical (unpaired) electrons. The fraction of sp³-hybridized carbons (Fsp3) is 0.385. The smallest absolute Gasteiger partial charge is 0.303 e. The molecule has 0 aliphatic carbocycles. The highest BCUT2D eigenvalue weighted by atomic mass is 16.5. The van der Waals surface area contributed by atoms with Gasteiger partial charge in [-0.3, -0.25) is 4.79 Å². The molecule has 0 spiro atoms. The van der Waals surface area contributed by atoms with Crippen LogP contribution in [0.3, 0.4) is 0 Å². The van der Waals surface area contributed by atoms with Gasteiger partial charge in [-0.05, 0) is 30.5 Å². The maximum Gasteiger partial charge on any atom is 0.303 e. The first-order valence-corrected chi connectivity index (χ1v) is 5.74. The molecule has 1 aliphatic heterocycles. The van der Waals surface area contributed by atoms with E-state index in [9.17, 15) is 4.79 Å². The van der Waals surface area contributed by atoms with Crippen molar-refractivity contribution >= 4 is 11.9 Å². The number of aliphatic carboxylic acids is 1. The number of ether oxygens (including phenoxy) is 1. The SMILES string of the molecule is O=C(O)CCCc1ccc(C2=NCCO2)cc1. The van der Waals surface area contributed by atoms with Crippen molar-refractivity contribution in [1.82, 2.24) is 0 Å². The van der Waals surface area contributed by atoms with E-state index in [0.717, 1.165) is 24.1 Å². The lowest BCUT2D eigenvalue weighted by Crippen LogP contribution is -2.01. The van der Waals surface area contributed by atoms with Crippen molar-refractivity contribution in [3.8, 4) is 0 Å². The van der Waals surface area contributed by atoms with Crippen molar-refractivity contribution in [1.29, 1.82) is 0 Å². The van der Waals surface area contributed by atoms with Crippen LogP contribution in [0.15, 0.2) is 29.3 Å². The van der Waals surface area contributed by atoms with Gasteiger partial charge in [0.25, 0.3) is 0 Å². The Morgan fingerprint density at radius 1 is 1.35 bits per heavy atom. The molecule has 90 valence electrons. The van der Waals surface area contributed by atoms with Crippen LogP contribution < -0.4 is 0 Å². The predicted octanol–water partition coefficient (Wildman–Crippen LogP) is 1.87. The third-order valence-electron chi connectivity index (χ3n) is 2.64. The second kappa shape index (κ2) is 5.48. The summed E-state index contributed by atoms with van der Waals surface area (Å²) in [5, 5.41) is 8.55. The quantitative estimate of drug-likeness (QED) is 0.844. The Morgan fingerprint density at radius 2 is 2.12 bits per heavy atom. The molecule has 4 heteroatoms. The zero-order chi connectivity index (χ0) is 12.1. The number of aliphatic imine (C=N–C) groups is 1. The van der Waals surface area contributed by atoms with Crippen molar-refractivity contribution in [3.63, 3.8) is 0 Å². The third-order valence-corrected chi connectivity index (χ3v) is 2.64. The van der Waals surface area contributed by atoms with Crippen molar-refractivity contribution < 1.29 is 14.6 Å². The Hall–Kier alpha value is -1.84. The van der Waals surface area contributed by atoms with Gasteiger partial charge in [-0.15, -0.1) is 0 Å². The summed E-state index contributed by atoms with van der Waals surface area (Å²) >= 11 is 0. The number of carboxylic acids is 1. The second-order valence-corrected chi connectivity index (χ2v) is 3.98. The molecule has 1 aromatic rings. The Morgan fingerprint density at radius 3 is 2.71 bits per heavy atom. The van der Waals surface area contributed by atoms with Gasteiger partial charge in [-0.2, -0.15) is 0 Å². The number of carbonyl (C=O) groups is 1. The summed E-state index contributed by atoms with van der Waals surface area (Å²) in [6.45, 7) is 1.39. The number of rotatable bonds is 5. The first-order chi connectivity index (χ1) is 8.25. The Bertz CT molecular complexity index is 423. The minimum absolute atomic E-state index is 0.220. The number of nitrogens with zero attached hydrogens (tertiary/aromatic N) is 1. The van der Waals surface area contributed by atoms with Crippen molar-refractivity contribution in [3.05, 3.63) is 35.4 Å². The van der Waals surface area contributed by atoms with Gasteiger partial charge in [0.15, 0.2) is 0 Å². The minimum Gasteiger partial charge on any atom is -0.481 e. The molecule has 4 nitrogen and oxygen atoms in total. The summed E-state index contributed by atoms with van der Waals surface area (Å²) in [5.74, 6) is -0.0302. The van der Waals surface area contributed by atoms with Gasteiger partial charge in [0.05, 0.1) is 6.54 Å². The molecule has 0 fully saturated rings. The summed E-state index contributed by atoms with van der Waals surface area (Å²) in [6.07, 6.45) is 1.68. The van der Waals surface area contributed by atoms with E-state index in [1.807, 2.05) is 24.3 Å². The lowest BCUT2D eigenvalue weighted by atomic mass is 10.1. The molecule has 0 bridgehead atoms. The van der Waals surface area contributed by atoms with E-state index in [0.29, 0.717) is 18.9 Å². The number of aryl methyl sites for hydroxylation is 1. The molecule has 0 saturated heterocycles. The number of hydrogen-bond donors (Lipinski definition) is 1. The average molecular weight is 233 g/mol. The molecule has 0 unspecified atom stereocenters. The average Bonchev–Trinajstić information content (AvgIpc) is 2.83. The summed E-state index contributed by atoms with van der Waals surface area (Å²) in [7, 11) is 0. The van der Waals surface area contributed by atoms with Crippen molar-refractivity contribution in [2.75, 3.05) is 13.2 Å². The van der Waals surface area contributed by atoms with Crippen LogP contribution in [0.25, 0.3) is 0 Å². The van der Waals surface area contributed by atoms with E-state index in [1.165, 1.54) is 0 Å². The van der Waals surface area contributed by atoms with Gasteiger partial charge in [-0.1, -0.05) is 12.1 Å². The molecule has 0 amide bonds. The highest BCUT2D eigenvalue weighted by molar-refractivity contribution is 5.94. The van der Waals surface area contributed by atoms with Gasteiger partial charge in [0.1, 0.15) is 6.61 Å². The highest BCUT2D eigenvalue weighted by Crippen LogP contribution is 2.11. The van der Waals surface area contributed by atoms with Crippen LogP contribution >= 0.6 is 0 Å². The minimum atomic E-state index is -0.740. The molecule has 1 aromatic carbocycles. The molecule has 0 saturated carbocycles. The molecule has 0 atom stereocenters. The van der Waals surface area contributed by atoms with Crippen LogP contribution in [0.1, 0.15) is 24.0 Å². The third kappa shape index (κ3) is 3.31. The lowest BCUT2D eigenvalue weighted by Gasteiger charge is -2.03. The Labute approximate surface area is 99.9 Å². The van der Waals surface area contributed by atoms with Gasteiger partial charge in [0, 0.05) is 12.0 Å². The highest BCUT2D eigenvalue weighted by Gasteiger charge is 2.09. The van der Waals surface area contributed by atoms with E-state index in [4.69, 9.17) is 9.84 Å². The molecular formula is C13H15NO3. The summed E-state index contributed by atoms with van der Waals surface area (Å²) in [6, 6.07) is 7.95. The molecular weight excluding hydrogens is 218 g/mol. The van der Waals surface area contributed by atoms with Crippen LogP contribution in [-0.4, -0.2) is 30.1 Å². The molecule has 1 heterocycles. The number of carboxylic acid groups (broad SMARTS) is 1. The van der Waals surface area contributed by atoms with Gasteiger partial charge >= 0.3 is 5.97 Å².